The number of pyridine rings is 1. The zero-order valence-corrected chi connectivity index (χ0v) is 17.2. The molecular formula is C21H26ClN4O3+. The molecule has 1 aromatic rings. The van der Waals surface area contributed by atoms with Gasteiger partial charge in [-0.2, -0.15) is 0 Å². The van der Waals surface area contributed by atoms with Crippen molar-refractivity contribution in [1.82, 2.24) is 10.2 Å². The van der Waals surface area contributed by atoms with E-state index in [1.165, 1.54) is 4.90 Å². The highest BCUT2D eigenvalue weighted by Gasteiger charge is 2.56. The van der Waals surface area contributed by atoms with Crippen LogP contribution in [0.4, 0.5) is 0 Å². The first kappa shape index (κ1) is 20.0. The number of fused-ring (bicyclic) bond motifs is 1. The molecule has 0 saturated carbocycles. The molecule has 0 radical (unpaired) electrons. The van der Waals surface area contributed by atoms with E-state index < -0.39 is 17.3 Å². The number of nitrogens with one attached hydrogen (secondary N) is 1. The minimum Gasteiger partial charge on any atom is -0.393 e. The number of halogens is 1. The predicted octanol–water partition coefficient (Wildman–Crippen LogP) is 1.15. The Morgan fingerprint density at radius 2 is 2.17 bits per heavy atom. The van der Waals surface area contributed by atoms with Crippen LogP contribution in [0.5, 0.6) is 0 Å². The summed E-state index contributed by atoms with van der Waals surface area (Å²) in [7, 11) is 0. The van der Waals surface area contributed by atoms with Crippen LogP contribution < -0.4 is 9.88 Å². The minimum atomic E-state index is -0.725. The van der Waals surface area contributed by atoms with Gasteiger partial charge in [-0.25, -0.2) is 4.57 Å². The summed E-state index contributed by atoms with van der Waals surface area (Å²) in [5.41, 5.74) is 1.20. The fraction of sp³-hybridized carbons (Fsp3) is 0.524. The van der Waals surface area contributed by atoms with Gasteiger partial charge in [0.1, 0.15) is 12.2 Å². The maximum atomic E-state index is 12.4. The standard InChI is InChI=1S/C21H26ClN4O3/c1-13(27)18-16-11-14(19(20(22)28)26(16)21(18)29)10-15-12-23-17(24-15)6-5-9-25-7-3-2-4-8-25/h2-4,7-8,13,15-16,18,27H,5-6,9-12H2,1H3,(H,23,24)/q+1/t13-,15-,16-,18-/m1/s1. The lowest BCUT2D eigenvalue weighted by Gasteiger charge is -2.44. The first-order valence-electron chi connectivity index (χ1n) is 10.1. The van der Waals surface area contributed by atoms with Crippen molar-refractivity contribution in [2.45, 2.75) is 57.3 Å². The topological polar surface area (TPSA) is 85.9 Å². The first-order valence-corrected chi connectivity index (χ1v) is 10.5. The van der Waals surface area contributed by atoms with Gasteiger partial charge in [0.25, 0.3) is 5.24 Å². The first-order chi connectivity index (χ1) is 14.0. The molecule has 1 fully saturated rings. The van der Waals surface area contributed by atoms with Gasteiger partial charge < -0.3 is 15.3 Å². The Balaban J connectivity index is 1.32. The van der Waals surface area contributed by atoms with Crippen molar-refractivity contribution in [1.29, 1.82) is 0 Å². The summed E-state index contributed by atoms with van der Waals surface area (Å²) < 4.78 is 2.15. The number of aliphatic imine (C=N–C) groups is 1. The number of aryl methyl sites for hydroxylation is 1. The number of β-lactam (4-membered cyclic amide) rings is 1. The number of amides is 1. The number of hydrogen-bond acceptors (Lipinski definition) is 5. The monoisotopic (exact) mass is 417 g/mol. The second-order valence-electron chi connectivity index (χ2n) is 8.02. The van der Waals surface area contributed by atoms with Gasteiger partial charge in [0, 0.05) is 25.0 Å². The molecular weight excluding hydrogens is 392 g/mol. The number of carbonyl (C=O) groups excluding carboxylic acids is 2. The van der Waals surface area contributed by atoms with Crippen LogP contribution in [0, 0.1) is 5.92 Å². The number of allylic oxidation sites excluding steroid dienone is 1. The van der Waals surface area contributed by atoms with Crippen molar-refractivity contribution in [2.24, 2.45) is 10.9 Å². The van der Waals surface area contributed by atoms with Gasteiger partial charge in [-0.1, -0.05) is 6.07 Å². The summed E-state index contributed by atoms with van der Waals surface area (Å²) in [4.78, 5) is 30.4. The molecule has 2 N–H and O–H groups in total. The van der Waals surface area contributed by atoms with E-state index in [1.807, 2.05) is 18.2 Å². The van der Waals surface area contributed by atoms with Crippen molar-refractivity contribution >= 4 is 28.6 Å². The summed E-state index contributed by atoms with van der Waals surface area (Å²) in [5, 5.41) is 12.7. The Bertz CT molecular complexity index is 868. The van der Waals surface area contributed by atoms with Gasteiger partial charge in [-0.15, -0.1) is 0 Å². The summed E-state index contributed by atoms with van der Waals surface area (Å²) in [6.07, 6.45) is 6.45. The van der Waals surface area contributed by atoms with Gasteiger partial charge >= 0.3 is 0 Å². The summed E-state index contributed by atoms with van der Waals surface area (Å²) in [6.45, 7) is 3.20. The van der Waals surface area contributed by atoms with E-state index >= 15 is 0 Å². The minimum absolute atomic E-state index is 0.106. The fourth-order valence-corrected chi connectivity index (χ4v) is 4.87. The largest absolute Gasteiger partial charge is 0.393 e. The quantitative estimate of drug-likeness (QED) is 0.377. The van der Waals surface area contributed by atoms with E-state index in [-0.39, 0.29) is 18.0 Å². The van der Waals surface area contributed by atoms with Crippen molar-refractivity contribution in [3.05, 3.63) is 41.9 Å². The number of aliphatic hydroxyl groups excluding tert-OH is 1. The number of nitrogens with zero attached hydrogens (tertiary/aromatic N) is 3. The maximum absolute atomic E-state index is 12.4. The molecule has 8 heteroatoms. The Morgan fingerprint density at radius 3 is 2.86 bits per heavy atom. The molecule has 4 atom stereocenters. The van der Waals surface area contributed by atoms with Crippen LogP contribution in [-0.2, 0) is 16.1 Å². The van der Waals surface area contributed by atoms with E-state index in [9.17, 15) is 14.7 Å². The molecule has 0 aliphatic carbocycles. The van der Waals surface area contributed by atoms with Crippen molar-refractivity contribution in [3.8, 4) is 0 Å². The lowest BCUT2D eigenvalue weighted by Crippen LogP contribution is -2.61. The molecule has 4 rings (SSSR count). The van der Waals surface area contributed by atoms with Crippen LogP contribution in [-0.4, -0.2) is 51.7 Å². The molecule has 1 saturated heterocycles. The van der Waals surface area contributed by atoms with E-state index in [4.69, 9.17) is 11.6 Å². The van der Waals surface area contributed by atoms with Crippen LogP contribution in [0.25, 0.3) is 0 Å². The van der Waals surface area contributed by atoms with Gasteiger partial charge in [-0.05, 0) is 36.9 Å². The maximum Gasteiger partial charge on any atom is 0.268 e. The third kappa shape index (κ3) is 3.94. The molecule has 29 heavy (non-hydrogen) atoms. The van der Waals surface area contributed by atoms with Crippen LogP contribution in [0.3, 0.4) is 0 Å². The van der Waals surface area contributed by atoms with E-state index in [1.54, 1.807) is 6.92 Å². The highest BCUT2D eigenvalue weighted by Crippen LogP contribution is 2.45. The second kappa shape index (κ2) is 8.24. The van der Waals surface area contributed by atoms with Gasteiger partial charge in [0.05, 0.1) is 36.5 Å². The average molecular weight is 418 g/mol. The Hall–Kier alpha value is -2.25. The summed E-state index contributed by atoms with van der Waals surface area (Å²) >= 11 is 5.80. The van der Waals surface area contributed by atoms with Crippen LogP contribution in [0.2, 0.25) is 0 Å². The van der Waals surface area contributed by atoms with Gasteiger partial charge in [0.2, 0.25) is 5.91 Å². The lowest BCUT2D eigenvalue weighted by atomic mass is 9.82. The Morgan fingerprint density at radius 1 is 1.41 bits per heavy atom. The number of carbonyl (C=O) groups is 2. The third-order valence-corrected chi connectivity index (χ3v) is 6.16. The molecule has 0 spiro atoms. The van der Waals surface area contributed by atoms with Crippen LogP contribution >= 0.6 is 11.6 Å². The van der Waals surface area contributed by atoms with E-state index in [0.717, 1.165) is 30.8 Å². The third-order valence-electron chi connectivity index (χ3n) is 5.98. The van der Waals surface area contributed by atoms with Crippen LogP contribution in [0.1, 0.15) is 32.6 Å². The fourth-order valence-electron chi connectivity index (χ4n) is 4.65. The molecule has 0 unspecified atom stereocenters. The number of aliphatic hydroxyl groups is 1. The molecule has 0 bridgehead atoms. The number of rotatable bonds is 8. The predicted molar refractivity (Wildman–Crippen MR) is 108 cm³/mol. The second-order valence-corrected chi connectivity index (χ2v) is 8.36. The molecule has 7 nitrogen and oxygen atoms in total. The number of hydrogen-bond donors (Lipinski definition) is 2. The summed E-state index contributed by atoms with van der Waals surface area (Å²) in [5.74, 6) is 0.334. The lowest BCUT2D eigenvalue weighted by molar-refractivity contribution is -0.697. The van der Waals surface area contributed by atoms with E-state index in [0.29, 0.717) is 25.1 Å². The normalized spacial score (nSPS) is 26.7. The molecule has 3 aliphatic heterocycles. The van der Waals surface area contributed by atoms with Crippen LogP contribution in [0.15, 0.2) is 46.9 Å². The van der Waals surface area contributed by atoms with Crippen molar-refractivity contribution in [2.75, 3.05) is 6.54 Å². The van der Waals surface area contributed by atoms with Gasteiger partial charge in [-0.3, -0.25) is 14.6 Å². The zero-order chi connectivity index (χ0) is 20.5. The average Bonchev–Trinajstić information content (AvgIpc) is 3.25. The molecule has 4 heterocycles. The highest BCUT2D eigenvalue weighted by molar-refractivity contribution is 6.67. The number of amidine groups is 1. The van der Waals surface area contributed by atoms with Crippen molar-refractivity contribution < 1.29 is 19.3 Å². The van der Waals surface area contributed by atoms with E-state index in [2.05, 4.69) is 27.3 Å². The molecule has 154 valence electrons. The van der Waals surface area contributed by atoms with Crippen molar-refractivity contribution in [3.63, 3.8) is 0 Å². The Labute approximate surface area is 175 Å². The number of aromatic nitrogens is 1. The summed E-state index contributed by atoms with van der Waals surface area (Å²) in [6, 6.07) is 5.99. The molecule has 0 aromatic carbocycles. The zero-order valence-electron chi connectivity index (χ0n) is 16.4. The highest BCUT2D eigenvalue weighted by atomic mass is 35.5. The smallest absolute Gasteiger partial charge is 0.268 e. The van der Waals surface area contributed by atoms with Gasteiger partial charge in [0.15, 0.2) is 12.4 Å². The molecule has 1 aromatic heterocycles. The SMILES string of the molecule is C[C@@H](O)[C@H]1C(=O)N2C(C(=O)Cl)=C(C[C@@H]3CN=C(CCC[n+]4ccccc4)N3)C[C@H]12. The molecule has 1 amide bonds. The molecule has 3 aliphatic rings. The Kier molecular flexibility index (Phi) is 5.69.